The Morgan fingerprint density at radius 1 is 0.902 bits per heavy atom. The monoisotopic (exact) mass is 733 g/mol. The van der Waals surface area contributed by atoms with Gasteiger partial charge in [0.25, 0.3) is 0 Å². The molecule has 298 valence electrons. The van der Waals surface area contributed by atoms with Crippen molar-refractivity contribution in [3.63, 3.8) is 0 Å². The molecule has 3 rings (SSSR count). The predicted octanol–water partition coefficient (Wildman–Crippen LogP) is 1.69. The number of ether oxygens (including phenoxy) is 6. The molecular formula is C37H67NO13. The fourth-order valence-electron chi connectivity index (χ4n) is 8.49. The highest BCUT2D eigenvalue weighted by atomic mass is 16.7. The summed E-state index contributed by atoms with van der Waals surface area (Å²) in [6.07, 6.45) is -9.57. The molecule has 0 saturated carbocycles. The summed E-state index contributed by atoms with van der Waals surface area (Å²) in [6.45, 7) is 16.8. The third kappa shape index (κ3) is 9.69. The number of esters is 1. The van der Waals surface area contributed by atoms with Crippen LogP contribution in [0.25, 0.3) is 0 Å². The van der Waals surface area contributed by atoms with Gasteiger partial charge in [-0.25, -0.2) is 0 Å². The Morgan fingerprint density at radius 2 is 1.53 bits per heavy atom. The highest BCUT2D eigenvalue weighted by Crippen LogP contribution is 2.41. The third-order valence-electron chi connectivity index (χ3n) is 11.8. The van der Waals surface area contributed by atoms with E-state index >= 15 is 0 Å². The number of cyclic esters (lactones) is 1. The first-order chi connectivity index (χ1) is 23.6. The van der Waals surface area contributed by atoms with Gasteiger partial charge >= 0.3 is 5.97 Å². The molecule has 3 saturated heterocycles. The van der Waals surface area contributed by atoms with Crippen LogP contribution in [0.15, 0.2) is 0 Å². The second kappa shape index (κ2) is 17.4. The molecule has 0 aromatic rings. The van der Waals surface area contributed by atoms with E-state index in [2.05, 4.69) is 5.32 Å². The lowest BCUT2D eigenvalue weighted by Gasteiger charge is -2.48. The molecule has 3 aliphatic heterocycles. The first kappa shape index (κ1) is 44.1. The smallest absolute Gasteiger partial charge is 0.311 e. The summed E-state index contributed by atoms with van der Waals surface area (Å²) < 4.78 is 37.0. The van der Waals surface area contributed by atoms with Gasteiger partial charge in [-0.1, -0.05) is 27.7 Å². The van der Waals surface area contributed by atoms with E-state index in [9.17, 15) is 35.1 Å². The number of rotatable bonds is 8. The van der Waals surface area contributed by atoms with Crippen LogP contribution in [-0.4, -0.2) is 136 Å². The molecule has 3 fully saturated rings. The van der Waals surface area contributed by atoms with E-state index in [0.717, 1.165) is 0 Å². The van der Waals surface area contributed by atoms with Crippen molar-refractivity contribution < 1.29 is 63.5 Å². The second-order valence-electron chi connectivity index (χ2n) is 16.3. The molecule has 0 bridgehead atoms. The Balaban J connectivity index is 2.17. The number of ketones is 1. The Morgan fingerprint density at radius 3 is 2.10 bits per heavy atom. The van der Waals surface area contributed by atoms with E-state index in [0.29, 0.717) is 13.0 Å². The maximum atomic E-state index is 14.1. The summed E-state index contributed by atoms with van der Waals surface area (Å²) in [5.74, 6) is -5.19. The van der Waals surface area contributed by atoms with E-state index in [1.165, 1.54) is 27.9 Å². The lowest BCUT2D eigenvalue weighted by Crippen LogP contribution is -2.60. The van der Waals surface area contributed by atoms with E-state index in [4.69, 9.17) is 28.4 Å². The van der Waals surface area contributed by atoms with Crippen molar-refractivity contribution in [2.45, 2.75) is 173 Å². The number of carbonyl (C=O) groups is 2. The van der Waals surface area contributed by atoms with Gasteiger partial charge in [-0.2, -0.15) is 0 Å². The second-order valence-corrected chi connectivity index (χ2v) is 16.3. The molecule has 0 aromatic heterocycles. The van der Waals surface area contributed by atoms with Crippen molar-refractivity contribution in [1.29, 1.82) is 0 Å². The molecule has 0 aliphatic carbocycles. The SMILES string of the molecule is CC[C@H]1OC(=O)[C@H](C)[C@@H](O[C@H]2C[C@@](C)(OC)[C@@H](O)[C@H](C)O2)[C@H](C)[C@@H](O[C@@H]2O[C@H](C)C[C@H](CNC)[C@H]2O)[C@](C)(O)C[C@@H](C)C(=O)[C@H](C)[C@@H](O)[C@]1(C)O. The molecule has 0 radical (unpaired) electrons. The lowest BCUT2D eigenvalue weighted by molar-refractivity contribution is -0.318. The molecule has 0 aromatic carbocycles. The molecule has 0 amide bonds. The van der Waals surface area contributed by atoms with Crippen molar-refractivity contribution in [3.05, 3.63) is 0 Å². The number of Topliss-reactive ketones (excluding diaryl/α,β-unsaturated/α-hetero) is 1. The van der Waals surface area contributed by atoms with E-state index in [-0.39, 0.29) is 31.3 Å². The quantitative estimate of drug-likeness (QED) is 0.197. The number of hydrogen-bond donors (Lipinski definition) is 6. The van der Waals surface area contributed by atoms with Crippen LogP contribution in [0, 0.1) is 29.6 Å². The number of aliphatic hydroxyl groups is 5. The molecule has 3 aliphatic rings. The number of nitrogens with one attached hydrogen (secondary N) is 1. The van der Waals surface area contributed by atoms with Gasteiger partial charge in [0.2, 0.25) is 0 Å². The van der Waals surface area contributed by atoms with Gasteiger partial charge in [0.1, 0.15) is 29.7 Å². The lowest BCUT2D eigenvalue weighted by atomic mass is 9.74. The van der Waals surface area contributed by atoms with Crippen LogP contribution in [-0.2, 0) is 38.0 Å². The number of aliphatic hydroxyl groups excluding tert-OH is 3. The molecular weight excluding hydrogens is 666 g/mol. The van der Waals surface area contributed by atoms with Crippen LogP contribution in [0.1, 0.15) is 94.9 Å². The zero-order valence-electron chi connectivity index (χ0n) is 32.7. The molecule has 0 unspecified atom stereocenters. The number of methoxy groups -OCH3 is 1. The van der Waals surface area contributed by atoms with E-state index in [1.54, 1.807) is 48.6 Å². The van der Waals surface area contributed by atoms with Crippen LogP contribution < -0.4 is 5.32 Å². The van der Waals surface area contributed by atoms with Crippen molar-refractivity contribution in [3.8, 4) is 0 Å². The maximum Gasteiger partial charge on any atom is 0.311 e. The molecule has 6 N–H and O–H groups in total. The van der Waals surface area contributed by atoms with Gasteiger partial charge in [0.05, 0.1) is 47.6 Å². The zero-order valence-corrected chi connectivity index (χ0v) is 32.7. The minimum Gasteiger partial charge on any atom is -0.459 e. The summed E-state index contributed by atoms with van der Waals surface area (Å²) in [4.78, 5) is 27.9. The minimum atomic E-state index is -1.99. The molecule has 51 heavy (non-hydrogen) atoms. The Kier molecular flexibility index (Phi) is 15.1. The van der Waals surface area contributed by atoms with Crippen LogP contribution >= 0.6 is 0 Å². The summed E-state index contributed by atoms with van der Waals surface area (Å²) in [5.41, 5.74) is -4.83. The normalized spacial score (nSPS) is 49.6. The largest absolute Gasteiger partial charge is 0.459 e. The number of carbonyl (C=O) groups excluding carboxylic acids is 2. The van der Waals surface area contributed by atoms with Gasteiger partial charge in [-0.15, -0.1) is 0 Å². The fraction of sp³-hybridized carbons (Fsp3) is 0.946. The molecule has 0 spiro atoms. The van der Waals surface area contributed by atoms with Crippen LogP contribution in [0.3, 0.4) is 0 Å². The molecule has 14 nitrogen and oxygen atoms in total. The van der Waals surface area contributed by atoms with Crippen molar-refractivity contribution in [2.75, 3.05) is 20.7 Å². The van der Waals surface area contributed by atoms with Gasteiger partial charge in [0, 0.05) is 43.7 Å². The van der Waals surface area contributed by atoms with Gasteiger partial charge in [-0.3, -0.25) is 9.59 Å². The van der Waals surface area contributed by atoms with Crippen LogP contribution in [0.5, 0.6) is 0 Å². The first-order valence-electron chi connectivity index (χ1n) is 18.6. The van der Waals surface area contributed by atoms with Crippen LogP contribution in [0.2, 0.25) is 0 Å². The summed E-state index contributed by atoms with van der Waals surface area (Å²) in [5, 5.41) is 60.7. The maximum absolute atomic E-state index is 14.1. The van der Waals surface area contributed by atoms with Gasteiger partial charge < -0.3 is 59.3 Å². The summed E-state index contributed by atoms with van der Waals surface area (Å²) >= 11 is 0. The van der Waals surface area contributed by atoms with E-state index < -0.39 is 108 Å². The van der Waals surface area contributed by atoms with Crippen molar-refractivity contribution in [1.82, 2.24) is 5.32 Å². The van der Waals surface area contributed by atoms with Gasteiger partial charge in [-0.05, 0) is 67.9 Å². The molecule has 14 heteroatoms. The van der Waals surface area contributed by atoms with Crippen LogP contribution in [0.4, 0.5) is 0 Å². The Hall–Kier alpha value is -1.30. The average molecular weight is 734 g/mol. The minimum absolute atomic E-state index is 0.0947. The average Bonchev–Trinajstić information content (AvgIpc) is 3.06. The first-order valence-corrected chi connectivity index (χ1v) is 18.6. The predicted molar refractivity (Wildman–Crippen MR) is 186 cm³/mol. The summed E-state index contributed by atoms with van der Waals surface area (Å²) in [7, 11) is 3.27. The highest BCUT2D eigenvalue weighted by Gasteiger charge is 2.53. The topological polar surface area (TPSA) is 203 Å². The molecule has 18 atom stereocenters. The Bertz CT molecular complexity index is 1150. The van der Waals surface area contributed by atoms with Crippen molar-refractivity contribution in [2.24, 2.45) is 29.6 Å². The number of hydrogen-bond acceptors (Lipinski definition) is 14. The van der Waals surface area contributed by atoms with E-state index in [1.807, 2.05) is 6.92 Å². The van der Waals surface area contributed by atoms with Gasteiger partial charge in [0.15, 0.2) is 12.6 Å². The third-order valence-corrected chi connectivity index (χ3v) is 11.8. The fourth-order valence-corrected chi connectivity index (χ4v) is 8.49. The Labute approximate surface area is 303 Å². The van der Waals surface area contributed by atoms with Crippen molar-refractivity contribution >= 4 is 11.8 Å². The summed E-state index contributed by atoms with van der Waals surface area (Å²) in [6, 6.07) is 0. The highest BCUT2D eigenvalue weighted by molar-refractivity contribution is 5.83. The zero-order chi connectivity index (χ0) is 38.8. The molecule has 3 heterocycles. The standard InChI is InChI=1S/C37H67NO13/c1-13-25-37(10,45)30(41)20(4)27(39)18(2)15-35(8,44)32(51-34-28(40)24(17-38-11)14-19(3)47-34)21(5)29(22(6)33(43)49-25)50-26-16-36(9,46-12)31(42)23(7)48-26/h18-26,28-32,34,38,40-42,44-45H,13-17H2,1-12H3/t18-,19-,20+,21+,22-,23+,24-,25-,26+,28-,29+,30-,31+,32-,34+,35-,36-,37-/m1/s1.